The van der Waals surface area contributed by atoms with Gasteiger partial charge in [-0.3, -0.25) is 9.78 Å². The van der Waals surface area contributed by atoms with Crippen LogP contribution >= 0.6 is 0 Å². The maximum absolute atomic E-state index is 16.8. The molecular weight excluding hydrogens is 652 g/mol. The number of phenols is 1. The van der Waals surface area contributed by atoms with E-state index in [1.807, 2.05) is 36.2 Å². The van der Waals surface area contributed by atoms with Crippen molar-refractivity contribution in [3.63, 3.8) is 0 Å². The third kappa shape index (κ3) is 6.90. The van der Waals surface area contributed by atoms with Crippen molar-refractivity contribution in [2.75, 3.05) is 44.7 Å². The lowest BCUT2D eigenvalue weighted by Gasteiger charge is -2.41. The highest BCUT2D eigenvalue weighted by atomic mass is 19.1. The van der Waals surface area contributed by atoms with Crippen molar-refractivity contribution in [1.82, 2.24) is 24.8 Å². The van der Waals surface area contributed by atoms with E-state index in [9.17, 15) is 15.2 Å². The number of nitrogens with zero attached hydrogens (tertiary/aromatic N) is 7. The largest absolute Gasteiger partial charge is 0.508 e. The standard InChI is InChI=1S/C39H37F2N7O3/c1-24-7-5-9-26(43-24)20-34(40)38(50)48-18-17-47(22-27(48)14-15-42)37-32-13-12-31(33-21-29(49)19-25-8-3-4-11-30(25)33)35(41)36(32)44-39(45-37)51-23-28-10-6-16-46(28)2/h3-5,7-9,11-13,19-21,27-28,49H,6,10,14,16-18,22-23H2,1-2H3/b34-20-/t27-,28-/m0/s1. The van der Waals surface area contributed by atoms with Crippen LogP contribution in [0.1, 0.15) is 30.7 Å². The Morgan fingerprint density at radius 2 is 1.86 bits per heavy atom. The number of pyridine rings is 1. The lowest BCUT2D eigenvalue weighted by Crippen LogP contribution is -2.55. The van der Waals surface area contributed by atoms with Gasteiger partial charge in [0.05, 0.1) is 24.2 Å². The summed E-state index contributed by atoms with van der Waals surface area (Å²) >= 11 is 0. The molecule has 2 atom stereocenters. The summed E-state index contributed by atoms with van der Waals surface area (Å²) in [6, 6.07) is 20.7. The van der Waals surface area contributed by atoms with Crippen molar-refractivity contribution in [3.8, 4) is 29.0 Å². The van der Waals surface area contributed by atoms with Crippen molar-refractivity contribution in [2.45, 2.75) is 38.3 Å². The van der Waals surface area contributed by atoms with Crippen molar-refractivity contribution >= 4 is 39.5 Å². The predicted octanol–water partition coefficient (Wildman–Crippen LogP) is 6.41. The highest BCUT2D eigenvalue weighted by Gasteiger charge is 2.34. The Labute approximate surface area is 294 Å². The van der Waals surface area contributed by atoms with Crippen LogP contribution in [0, 0.1) is 24.1 Å². The summed E-state index contributed by atoms with van der Waals surface area (Å²) in [5, 5.41) is 22.2. The molecule has 0 unspecified atom stereocenters. The van der Waals surface area contributed by atoms with Crippen molar-refractivity contribution in [1.29, 1.82) is 5.26 Å². The van der Waals surface area contributed by atoms with Crippen molar-refractivity contribution in [3.05, 3.63) is 89.8 Å². The van der Waals surface area contributed by atoms with Gasteiger partial charge in [-0.1, -0.05) is 36.4 Å². The third-order valence-corrected chi connectivity index (χ3v) is 9.74. The van der Waals surface area contributed by atoms with E-state index >= 15 is 8.78 Å². The molecule has 0 radical (unpaired) electrons. The minimum Gasteiger partial charge on any atom is -0.508 e. The zero-order valence-corrected chi connectivity index (χ0v) is 28.4. The number of fused-ring (bicyclic) bond motifs is 2. The maximum atomic E-state index is 16.8. The molecule has 3 aromatic carbocycles. The molecule has 7 rings (SSSR count). The van der Waals surface area contributed by atoms with Crippen LogP contribution in [0.4, 0.5) is 14.6 Å². The number of ether oxygens (including phenoxy) is 1. The van der Waals surface area contributed by atoms with Gasteiger partial charge >= 0.3 is 6.01 Å². The van der Waals surface area contributed by atoms with Crippen molar-refractivity contribution in [2.24, 2.45) is 0 Å². The SMILES string of the molecule is Cc1cccc(/C=C(\F)C(=O)N2CCN(c3nc(OC[C@@H]4CCCN4C)nc4c(F)c(-c5cc(O)cc6ccccc56)ccc34)C[C@@H]2CC#N)n1. The Kier molecular flexibility index (Phi) is 9.47. The second kappa shape index (κ2) is 14.3. The Hall–Kier alpha value is -5.67. The minimum absolute atomic E-state index is 0.00425. The number of amides is 1. The van der Waals surface area contributed by atoms with E-state index in [0.717, 1.165) is 36.2 Å². The Morgan fingerprint density at radius 3 is 2.65 bits per heavy atom. The lowest BCUT2D eigenvalue weighted by atomic mass is 9.96. The molecule has 2 aliphatic rings. The van der Waals surface area contributed by atoms with E-state index in [2.05, 4.69) is 20.9 Å². The molecule has 51 heavy (non-hydrogen) atoms. The zero-order valence-electron chi connectivity index (χ0n) is 28.4. The summed E-state index contributed by atoms with van der Waals surface area (Å²) in [6.07, 6.45) is 3.05. The van der Waals surface area contributed by atoms with Gasteiger partial charge in [0.1, 0.15) is 23.7 Å². The second-order valence-corrected chi connectivity index (χ2v) is 13.1. The number of halogens is 2. The van der Waals surface area contributed by atoms with Crippen LogP contribution in [-0.4, -0.2) is 87.7 Å². The molecule has 0 bridgehead atoms. The number of aromatic hydroxyl groups is 1. The topological polar surface area (TPSA) is 119 Å². The number of likely N-dealkylation sites (N-methyl/N-ethyl adjacent to an activating group) is 1. The number of hydrogen-bond acceptors (Lipinski definition) is 9. The molecule has 0 spiro atoms. The molecule has 1 N–H and O–H groups in total. The zero-order chi connectivity index (χ0) is 35.6. The first-order valence-electron chi connectivity index (χ1n) is 17.0. The van der Waals surface area contributed by atoms with E-state index in [-0.39, 0.29) is 54.9 Å². The average molecular weight is 690 g/mol. The van der Waals surface area contributed by atoms with Gasteiger partial charge in [-0.2, -0.15) is 15.2 Å². The number of anilines is 1. The Morgan fingerprint density at radius 1 is 1.02 bits per heavy atom. The number of nitriles is 1. The number of benzene rings is 3. The van der Waals surface area contributed by atoms with Gasteiger partial charge in [0.2, 0.25) is 0 Å². The molecule has 2 aliphatic heterocycles. The van der Waals surface area contributed by atoms with Crippen LogP contribution in [-0.2, 0) is 4.79 Å². The normalized spacial score (nSPS) is 18.4. The van der Waals surface area contributed by atoms with Crippen LogP contribution in [0.3, 0.4) is 0 Å². The molecule has 5 aromatic rings. The van der Waals surface area contributed by atoms with Crippen LogP contribution in [0.5, 0.6) is 11.8 Å². The first kappa shape index (κ1) is 33.8. The molecule has 0 aliphatic carbocycles. The average Bonchev–Trinajstić information content (AvgIpc) is 3.54. The summed E-state index contributed by atoms with van der Waals surface area (Å²) in [7, 11) is 2.03. The van der Waals surface area contributed by atoms with Crippen molar-refractivity contribution < 1.29 is 23.4 Å². The Balaban J connectivity index is 1.26. The smallest absolute Gasteiger partial charge is 0.319 e. The number of aryl methyl sites for hydroxylation is 1. The van der Waals surface area contributed by atoms with E-state index in [1.54, 1.807) is 43.3 Å². The van der Waals surface area contributed by atoms with Crippen LogP contribution < -0.4 is 9.64 Å². The monoisotopic (exact) mass is 689 g/mol. The predicted molar refractivity (Wildman–Crippen MR) is 191 cm³/mol. The van der Waals surface area contributed by atoms with E-state index < -0.39 is 23.6 Å². The molecule has 260 valence electrons. The summed E-state index contributed by atoms with van der Waals surface area (Å²) in [5.41, 5.74) is 1.81. The summed E-state index contributed by atoms with van der Waals surface area (Å²) < 4.78 is 38.3. The number of phenolic OH excluding ortho intramolecular Hbond substituents is 1. The van der Waals surface area contributed by atoms with Gasteiger partial charge in [0.25, 0.3) is 5.91 Å². The summed E-state index contributed by atoms with van der Waals surface area (Å²) in [5.74, 6) is -2.01. The van der Waals surface area contributed by atoms with Gasteiger partial charge in [0.15, 0.2) is 11.6 Å². The number of rotatable bonds is 8. The van der Waals surface area contributed by atoms with Crippen LogP contribution in [0.25, 0.3) is 38.9 Å². The molecule has 12 heteroatoms. The Bertz CT molecular complexity index is 2200. The fourth-order valence-electron chi connectivity index (χ4n) is 7.09. The summed E-state index contributed by atoms with van der Waals surface area (Å²) in [6.45, 7) is 3.53. The first-order chi connectivity index (χ1) is 24.7. The minimum atomic E-state index is -0.974. The van der Waals surface area contributed by atoms with Crippen LogP contribution in [0.2, 0.25) is 0 Å². The molecular formula is C39H37F2N7O3. The maximum Gasteiger partial charge on any atom is 0.319 e. The molecule has 2 aromatic heterocycles. The van der Waals surface area contributed by atoms with Gasteiger partial charge in [0, 0.05) is 48.4 Å². The van der Waals surface area contributed by atoms with E-state index in [0.29, 0.717) is 34.8 Å². The molecule has 1 amide bonds. The molecule has 4 heterocycles. The fourth-order valence-corrected chi connectivity index (χ4v) is 7.09. The van der Waals surface area contributed by atoms with E-state index in [1.165, 1.54) is 11.0 Å². The quantitative estimate of drug-likeness (QED) is 0.184. The first-order valence-corrected chi connectivity index (χ1v) is 17.0. The van der Waals surface area contributed by atoms with Gasteiger partial charge in [-0.25, -0.2) is 8.78 Å². The number of hydrogen-bond donors (Lipinski definition) is 1. The van der Waals surface area contributed by atoms with Crippen LogP contribution in [0.15, 0.2) is 72.6 Å². The van der Waals surface area contributed by atoms with E-state index in [4.69, 9.17) is 9.72 Å². The number of likely N-dealkylation sites (tertiary alicyclic amines) is 1. The number of piperazine rings is 1. The number of carbonyl (C=O) groups excluding carboxylic acids is 1. The van der Waals surface area contributed by atoms with Gasteiger partial charge in [-0.15, -0.1) is 0 Å². The van der Waals surface area contributed by atoms with Gasteiger partial charge < -0.3 is 24.5 Å². The number of carbonyl (C=O) groups is 1. The highest BCUT2D eigenvalue weighted by Crippen LogP contribution is 2.38. The third-order valence-electron chi connectivity index (χ3n) is 9.74. The molecule has 2 fully saturated rings. The molecule has 2 saturated heterocycles. The van der Waals surface area contributed by atoms with Gasteiger partial charge in [-0.05, 0) is 80.0 Å². The number of aromatic nitrogens is 3. The second-order valence-electron chi connectivity index (χ2n) is 13.1. The highest BCUT2D eigenvalue weighted by molar-refractivity contribution is 6.01. The summed E-state index contributed by atoms with van der Waals surface area (Å²) in [4.78, 5) is 32.4. The molecule has 0 saturated carbocycles. The lowest BCUT2D eigenvalue weighted by molar-refractivity contribution is -0.131. The molecule has 10 nitrogen and oxygen atoms in total. The fraction of sp³-hybridized carbons (Fsp3) is 0.308.